The van der Waals surface area contributed by atoms with Gasteiger partial charge in [-0.3, -0.25) is 0 Å². The predicted octanol–water partition coefficient (Wildman–Crippen LogP) is 3.54. The number of aromatic nitrogens is 4. The van der Waals surface area contributed by atoms with Gasteiger partial charge in [0.2, 0.25) is 4.96 Å². The lowest BCUT2D eigenvalue weighted by Gasteiger charge is -2.04. The minimum atomic E-state index is 0.554. The third kappa shape index (κ3) is 2.14. The molecule has 0 N–H and O–H groups in total. The van der Waals surface area contributed by atoms with Crippen LogP contribution in [-0.2, 0) is 6.42 Å². The molecule has 3 rings (SSSR count). The summed E-state index contributed by atoms with van der Waals surface area (Å²) in [6.07, 6.45) is 0.844. The molecule has 1 aromatic carbocycles. The van der Waals surface area contributed by atoms with E-state index in [9.17, 15) is 0 Å². The molecule has 2 aromatic heterocycles. The van der Waals surface area contributed by atoms with E-state index >= 15 is 0 Å². The molecule has 5 heteroatoms. The Labute approximate surface area is 116 Å². The molecule has 0 saturated heterocycles. The van der Waals surface area contributed by atoms with Gasteiger partial charge in [0.15, 0.2) is 5.82 Å². The van der Waals surface area contributed by atoms with Gasteiger partial charge in [0.1, 0.15) is 5.01 Å². The number of benzene rings is 1. The molecule has 0 aliphatic heterocycles. The minimum Gasteiger partial charge on any atom is -0.187 e. The highest BCUT2D eigenvalue weighted by molar-refractivity contribution is 7.19. The Kier molecular flexibility index (Phi) is 3.06. The molecule has 0 amide bonds. The van der Waals surface area contributed by atoms with Crippen molar-refractivity contribution in [3.05, 3.63) is 35.7 Å². The van der Waals surface area contributed by atoms with Gasteiger partial charge in [-0.2, -0.15) is 9.61 Å². The number of hydrogen-bond acceptors (Lipinski definition) is 4. The van der Waals surface area contributed by atoms with Crippen molar-refractivity contribution in [2.24, 2.45) is 0 Å². The van der Waals surface area contributed by atoms with Crippen molar-refractivity contribution in [2.45, 2.75) is 33.1 Å². The Balaban J connectivity index is 2.01. The smallest absolute Gasteiger partial charge is 0.187 e. The van der Waals surface area contributed by atoms with E-state index in [2.05, 4.69) is 60.3 Å². The van der Waals surface area contributed by atoms with Crippen LogP contribution in [0.2, 0.25) is 0 Å². The number of aryl methyl sites for hydroxylation is 1. The van der Waals surface area contributed by atoms with Crippen LogP contribution >= 0.6 is 11.3 Å². The van der Waals surface area contributed by atoms with E-state index < -0.39 is 0 Å². The molecule has 0 fully saturated rings. The van der Waals surface area contributed by atoms with Crippen molar-refractivity contribution in [3.8, 4) is 10.6 Å². The van der Waals surface area contributed by atoms with Crippen LogP contribution in [-0.4, -0.2) is 19.8 Å². The Hall–Kier alpha value is -1.75. The van der Waals surface area contributed by atoms with E-state index in [0.29, 0.717) is 5.92 Å². The quantitative estimate of drug-likeness (QED) is 0.732. The SMILES string of the molecule is CCc1nnc2sc(-c3ccc(C(C)C)cc3)nn12. The number of hydrogen-bond donors (Lipinski definition) is 0. The first kappa shape index (κ1) is 12.3. The van der Waals surface area contributed by atoms with E-state index in [1.165, 1.54) is 5.56 Å². The molecule has 0 spiro atoms. The summed E-state index contributed by atoms with van der Waals surface area (Å²) in [4.78, 5) is 0.861. The Morgan fingerprint density at radius 2 is 1.89 bits per heavy atom. The molecule has 4 nitrogen and oxygen atoms in total. The van der Waals surface area contributed by atoms with Crippen LogP contribution in [0.25, 0.3) is 15.5 Å². The molecule has 19 heavy (non-hydrogen) atoms. The van der Waals surface area contributed by atoms with Crippen molar-refractivity contribution in [3.63, 3.8) is 0 Å². The largest absolute Gasteiger partial charge is 0.234 e. The fraction of sp³-hybridized carbons (Fsp3) is 0.357. The zero-order chi connectivity index (χ0) is 13.4. The van der Waals surface area contributed by atoms with Crippen molar-refractivity contribution in [2.75, 3.05) is 0 Å². The molecule has 0 aliphatic carbocycles. The molecule has 2 heterocycles. The molecule has 0 saturated carbocycles. The van der Waals surface area contributed by atoms with Gasteiger partial charge in [-0.1, -0.05) is 56.4 Å². The normalized spacial score (nSPS) is 11.6. The molecular formula is C14H16N4S. The van der Waals surface area contributed by atoms with Crippen LogP contribution in [0.3, 0.4) is 0 Å². The standard InChI is InChI=1S/C14H16N4S/c1-4-12-15-16-14-18(12)17-13(19-14)11-7-5-10(6-8-11)9(2)3/h5-9H,4H2,1-3H3. The van der Waals surface area contributed by atoms with E-state index in [1.807, 2.05) is 4.52 Å². The van der Waals surface area contributed by atoms with Crippen LogP contribution < -0.4 is 0 Å². The Morgan fingerprint density at radius 3 is 2.53 bits per heavy atom. The van der Waals surface area contributed by atoms with Gasteiger partial charge in [0, 0.05) is 12.0 Å². The second-order valence-electron chi connectivity index (χ2n) is 4.85. The Morgan fingerprint density at radius 1 is 1.16 bits per heavy atom. The predicted molar refractivity (Wildman–Crippen MR) is 77.6 cm³/mol. The molecule has 0 aliphatic rings. The number of rotatable bonds is 3. The summed E-state index contributed by atoms with van der Waals surface area (Å²) < 4.78 is 1.84. The first-order valence-corrected chi connectivity index (χ1v) is 7.32. The van der Waals surface area contributed by atoms with Gasteiger partial charge in [-0.05, 0) is 11.5 Å². The van der Waals surface area contributed by atoms with Crippen LogP contribution in [0, 0.1) is 0 Å². The Bertz CT molecular complexity index is 694. The maximum absolute atomic E-state index is 4.60. The van der Waals surface area contributed by atoms with Gasteiger partial charge in [-0.25, -0.2) is 0 Å². The zero-order valence-electron chi connectivity index (χ0n) is 11.3. The van der Waals surface area contributed by atoms with E-state index in [4.69, 9.17) is 0 Å². The maximum Gasteiger partial charge on any atom is 0.234 e. The lowest BCUT2D eigenvalue weighted by atomic mass is 10.0. The highest BCUT2D eigenvalue weighted by atomic mass is 32.1. The molecule has 0 bridgehead atoms. The summed E-state index contributed by atoms with van der Waals surface area (Å²) in [6, 6.07) is 8.60. The molecule has 3 aromatic rings. The molecule has 0 radical (unpaired) electrons. The van der Waals surface area contributed by atoms with Crippen LogP contribution in [0.15, 0.2) is 24.3 Å². The molecule has 0 unspecified atom stereocenters. The van der Waals surface area contributed by atoms with E-state index in [1.54, 1.807) is 11.3 Å². The average Bonchev–Trinajstić information content (AvgIpc) is 2.98. The van der Waals surface area contributed by atoms with Gasteiger partial charge >= 0.3 is 0 Å². The summed E-state index contributed by atoms with van der Waals surface area (Å²) in [5.41, 5.74) is 2.49. The number of nitrogens with zero attached hydrogens (tertiary/aromatic N) is 4. The van der Waals surface area contributed by atoms with Gasteiger partial charge < -0.3 is 0 Å². The van der Waals surface area contributed by atoms with E-state index in [0.717, 1.165) is 27.8 Å². The summed E-state index contributed by atoms with van der Waals surface area (Å²) in [5.74, 6) is 1.47. The average molecular weight is 272 g/mol. The van der Waals surface area contributed by atoms with Crippen LogP contribution in [0.4, 0.5) is 0 Å². The van der Waals surface area contributed by atoms with E-state index in [-0.39, 0.29) is 0 Å². The minimum absolute atomic E-state index is 0.554. The molecular weight excluding hydrogens is 256 g/mol. The van der Waals surface area contributed by atoms with Gasteiger partial charge in [-0.15, -0.1) is 10.2 Å². The van der Waals surface area contributed by atoms with Gasteiger partial charge in [0.05, 0.1) is 0 Å². The fourth-order valence-electron chi connectivity index (χ4n) is 2.01. The summed E-state index contributed by atoms with van der Waals surface area (Å²) in [6.45, 7) is 6.46. The van der Waals surface area contributed by atoms with Gasteiger partial charge in [0.25, 0.3) is 0 Å². The van der Waals surface area contributed by atoms with Crippen LogP contribution in [0.1, 0.15) is 38.1 Å². The van der Waals surface area contributed by atoms with Crippen LogP contribution in [0.5, 0.6) is 0 Å². The van der Waals surface area contributed by atoms with Crippen molar-refractivity contribution < 1.29 is 0 Å². The maximum atomic E-state index is 4.60. The fourth-order valence-corrected chi connectivity index (χ4v) is 2.87. The third-order valence-electron chi connectivity index (χ3n) is 3.20. The second kappa shape index (κ2) is 4.74. The van der Waals surface area contributed by atoms with Crippen molar-refractivity contribution in [1.82, 2.24) is 19.8 Å². The first-order valence-electron chi connectivity index (χ1n) is 6.50. The topological polar surface area (TPSA) is 43.1 Å². The zero-order valence-corrected chi connectivity index (χ0v) is 12.1. The van der Waals surface area contributed by atoms with Crippen molar-refractivity contribution in [1.29, 1.82) is 0 Å². The highest BCUT2D eigenvalue weighted by Gasteiger charge is 2.11. The summed E-state index contributed by atoms with van der Waals surface area (Å²) >= 11 is 1.58. The van der Waals surface area contributed by atoms with Crippen molar-refractivity contribution >= 4 is 16.3 Å². The molecule has 98 valence electrons. The highest BCUT2D eigenvalue weighted by Crippen LogP contribution is 2.27. The summed E-state index contributed by atoms with van der Waals surface area (Å²) in [5, 5.41) is 13.9. The molecule has 0 atom stereocenters. The second-order valence-corrected chi connectivity index (χ2v) is 5.80. The third-order valence-corrected chi connectivity index (χ3v) is 4.14. The lowest BCUT2D eigenvalue weighted by Crippen LogP contribution is -1.93. The number of fused-ring (bicyclic) bond motifs is 1. The monoisotopic (exact) mass is 272 g/mol. The lowest BCUT2D eigenvalue weighted by molar-refractivity contribution is 0.837. The summed E-state index contributed by atoms with van der Waals surface area (Å²) in [7, 11) is 0. The first-order chi connectivity index (χ1) is 9.19.